The van der Waals surface area contributed by atoms with E-state index in [-0.39, 0.29) is 38.8 Å². The smallest absolute Gasteiger partial charge is 0.457 e. The number of phosphoric ester groups is 1. The monoisotopic (exact) mass is 854 g/mol. The molecular formula is C51H84NO7P. The summed E-state index contributed by atoms with van der Waals surface area (Å²) in [7, 11) is -4.30. The second-order valence-corrected chi connectivity index (χ2v) is 16.0. The topological polar surface area (TPSA) is 117 Å². The zero-order chi connectivity index (χ0) is 43.7. The molecule has 0 aliphatic carbocycles. The van der Waals surface area contributed by atoms with Gasteiger partial charge in [-0.15, -0.1) is 0 Å². The van der Waals surface area contributed by atoms with Gasteiger partial charge in [0, 0.05) is 19.6 Å². The van der Waals surface area contributed by atoms with Crippen LogP contribution in [0.3, 0.4) is 0 Å². The first kappa shape index (κ1) is 56.9. The lowest BCUT2D eigenvalue weighted by Gasteiger charge is -2.20. The molecule has 0 fully saturated rings. The zero-order valence-electron chi connectivity index (χ0n) is 37.6. The largest absolute Gasteiger partial charge is 0.472 e. The van der Waals surface area contributed by atoms with Crippen molar-refractivity contribution in [1.82, 2.24) is 0 Å². The van der Waals surface area contributed by atoms with Crippen LogP contribution in [0.4, 0.5) is 0 Å². The average Bonchev–Trinajstić information content (AvgIpc) is 3.24. The van der Waals surface area contributed by atoms with Crippen LogP contribution in [-0.4, -0.2) is 49.9 Å². The van der Waals surface area contributed by atoms with Gasteiger partial charge >= 0.3 is 13.8 Å². The molecule has 0 aromatic rings. The molecule has 0 aromatic heterocycles. The number of hydrogen-bond donors (Lipinski definition) is 2. The summed E-state index contributed by atoms with van der Waals surface area (Å²) in [6.07, 6.45) is 65.0. The summed E-state index contributed by atoms with van der Waals surface area (Å²) in [6.45, 7) is 4.57. The van der Waals surface area contributed by atoms with E-state index in [9.17, 15) is 14.3 Å². The molecular weight excluding hydrogens is 770 g/mol. The highest BCUT2D eigenvalue weighted by Gasteiger charge is 2.25. The van der Waals surface area contributed by atoms with Crippen LogP contribution in [-0.2, 0) is 27.9 Å². The fourth-order valence-corrected chi connectivity index (χ4v) is 6.34. The van der Waals surface area contributed by atoms with E-state index in [1.54, 1.807) is 0 Å². The third kappa shape index (κ3) is 46.0. The van der Waals surface area contributed by atoms with Crippen molar-refractivity contribution in [2.24, 2.45) is 5.73 Å². The van der Waals surface area contributed by atoms with Crippen LogP contribution in [0.1, 0.15) is 155 Å². The standard InChI is InChI=1S/C51H84NO7P/c1-3-5-7-9-11-13-15-17-19-21-23-24-25-26-27-28-30-32-34-36-38-40-42-44-51(53)59-50(49-58-60(54,55)57-47-45-52)48-56-46-43-41-39-37-35-33-31-29-22-20-18-16-14-12-10-8-6-4-2/h5-8,11-14,17-20,23-24,26-27,29-32,50H,3-4,9-10,15-16,21-22,25,28,33-49,52H2,1-2H3,(H,54,55)/b7-5-,8-6-,13-11-,14-12-,19-17-,20-18-,24-23-,27-26-,31-29-,32-30-. The van der Waals surface area contributed by atoms with Crippen LogP contribution in [0.15, 0.2) is 122 Å². The fraction of sp³-hybridized carbons (Fsp3) is 0.588. The van der Waals surface area contributed by atoms with Crippen molar-refractivity contribution in [3.05, 3.63) is 122 Å². The van der Waals surface area contributed by atoms with E-state index < -0.39 is 13.9 Å². The zero-order valence-corrected chi connectivity index (χ0v) is 38.5. The number of rotatable bonds is 42. The molecule has 0 saturated heterocycles. The highest BCUT2D eigenvalue weighted by molar-refractivity contribution is 7.47. The molecule has 0 amide bonds. The van der Waals surface area contributed by atoms with Gasteiger partial charge in [-0.05, 0) is 103 Å². The molecule has 0 aliphatic rings. The van der Waals surface area contributed by atoms with Gasteiger partial charge in [-0.1, -0.05) is 167 Å². The van der Waals surface area contributed by atoms with Gasteiger partial charge in [0.05, 0.1) is 19.8 Å². The van der Waals surface area contributed by atoms with E-state index in [1.165, 1.54) is 12.8 Å². The minimum Gasteiger partial charge on any atom is -0.457 e. The van der Waals surface area contributed by atoms with E-state index in [0.29, 0.717) is 6.61 Å². The molecule has 2 unspecified atom stereocenters. The Morgan fingerprint density at radius 2 is 0.883 bits per heavy atom. The molecule has 2 atom stereocenters. The van der Waals surface area contributed by atoms with Crippen molar-refractivity contribution in [2.75, 3.05) is 33.0 Å². The number of allylic oxidation sites excluding steroid dienone is 20. The number of nitrogens with two attached hydrogens (primary N) is 1. The highest BCUT2D eigenvalue weighted by Crippen LogP contribution is 2.43. The number of ether oxygens (including phenoxy) is 2. The summed E-state index contributed by atoms with van der Waals surface area (Å²) >= 11 is 0. The minimum atomic E-state index is -4.30. The number of phosphoric acid groups is 1. The molecule has 60 heavy (non-hydrogen) atoms. The van der Waals surface area contributed by atoms with E-state index in [4.69, 9.17) is 24.3 Å². The first-order valence-electron chi connectivity index (χ1n) is 23.0. The number of carbonyl (C=O) groups excluding carboxylic acids is 1. The molecule has 0 rings (SSSR count). The van der Waals surface area contributed by atoms with Crippen molar-refractivity contribution < 1.29 is 32.8 Å². The van der Waals surface area contributed by atoms with E-state index in [2.05, 4.69) is 135 Å². The van der Waals surface area contributed by atoms with Crippen LogP contribution >= 0.6 is 7.82 Å². The van der Waals surface area contributed by atoms with Gasteiger partial charge in [-0.3, -0.25) is 13.8 Å². The highest BCUT2D eigenvalue weighted by atomic mass is 31.2. The van der Waals surface area contributed by atoms with Gasteiger partial charge in [0.15, 0.2) is 0 Å². The Kier molecular flexibility index (Phi) is 44.5. The van der Waals surface area contributed by atoms with Crippen molar-refractivity contribution in [2.45, 2.75) is 161 Å². The summed E-state index contributed by atoms with van der Waals surface area (Å²) < 4.78 is 33.4. The van der Waals surface area contributed by atoms with E-state index in [1.807, 2.05) is 0 Å². The molecule has 0 radical (unpaired) electrons. The van der Waals surface area contributed by atoms with E-state index in [0.717, 1.165) is 122 Å². The second-order valence-electron chi connectivity index (χ2n) is 14.5. The Bertz CT molecular complexity index is 1320. The second kappa shape index (κ2) is 47.0. The summed E-state index contributed by atoms with van der Waals surface area (Å²) in [5.74, 6) is -0.368. The van der Waals surface area contributed by atoms with Crippen molar-refractivity contribution in [1.29, 1.82) is 0 Å². The van der Waals surface area contributed by atoms with Crippen LogP contribution < -0.4 is 5.73 Å². The molecule has 3 N–H and O–H groups in total. The first-order chi connectivity index (χ1) is 29.4. The van der Waals surface area contributed by atoms with Gasteiger partial charge in [-0.25, -0.2) is 4.57 Å². The lowest BCUT2D eigenvalue weighted by molar-refractivity contribution is -0.154. The SMILES string of the molecule is CC/C=C\C/C=C\C/C=C\C/C=C\C/C=C\C/C=C\CCCCCCC(=O)OC(COCCCCCCC/C=C\C/C=C\C/C=C\C/C=C\CC)COP(=O)(O)OCCN. The number of carbonyl (C=O) groups is 1. The fourth-order valence-electron chi connectivity index (χ4n) is 5.58. The molecule has 9 heteroatoms. The maximum Gasteiger partial charge on any atom is 0.472 e. The van der Waals surface area contributed by atoms with Crippen LogP contribution in [0.5, 0.6) is 0 Å². The normalized spacial score (nSPS) is 14.5. The van der Waals surface area contributed by atoms with Gasteiger partial charge in [0.25, 0.3) is 0 Å². The summed E-state index contributed by atoms with van der Waals surface area (Å²) in [5.41, 5.74) is 5.37. The third-order valence-electron chi connectivity index (χ3n) is 8.87. The van der Waals surface area contributed by atoms with Crippen molar-refractivity contribution in [3.8, 4) is 0 Å². The van der Waals surface area contributed by atoms with Gasteiger partial charge in [-0.2, -0.15) is 0 Å². The molecule has 0 heterocycles. The van der Waals surface area contributed by atoms with Crippen molar-refractivity contribution >= 4 is 13.8 Å². The van der Waals surface area contributed by atoms with Gasteiger partial charge in [0.2, 0.25) is 0 Å². The summed E-state index contributed by atoms with van der Waals surface area (Å²) in [6, 6.07) is 0. The van der Waals surface area contributed by atoms with Crippen LogP contribution in [0.25, 0.3) is 0 Å². The number of hydrogen-bond acceptors (Lipinski definition) is 7. The van der Waals surface area contributed by atoms with Gasteiger partial charge < -0.3 is 20.1 Å². The Labute approximate surface area is 366 Å². The summed E-state index contributed by atoms with van der Waals surface area (Å²) in [4.78, 5) is 22.5. The Balaban J connectivity index is 4.15. The van der Waals surface area contributed by atoms with Crippen molar-refractivity contribution in [3.63, 3.8) is 0 Å². The quantitative estimate of drug-likeness (QED) is 0.0270. The van der Waals surface area contributed by atoms with Gasteiger partial charge in [0.1, 0.15) is 6.10 Å². The molecule has 340 valence electrons. The lowest BCUT2D eigenvalue weighted by atomic mass is 10.1. The Morgan fingerprint density at radius 1 is 0.500 bits per heavy atom. The Hall–Kier alpha value is -3.10. The predicted octanol–water partition coefficient (Wildman–Crippen LogP) is 14.2. The first-order valence-corrected chi connectivity index (χ1v) is 24.5. The lowest BCUT2D eigenvalue weighted by Crippen LogP contribution is -2.28. The Morgan fingerprint density at radius 3 is 1.32 bits per heavy atom. The summed E-state index contributed by atoms with van der Waals surface area (Å²) in [5, 5.41) is 0. The predicted molar refractivity (Wildman–Crippen MR) is 256 cm³/mol. The minimum absolute atomic E-state index is 0.0837. The maximum atomic E-state index is 12.6. The molecule has 0 aromatic carbocycles. The van der Waals surface area contributed by atoms with Crippen LogP contribution in [0, 0.1) is 0 Å². The maximum absolute atomic E-state index is 12.6. The molecule has 0 spiro atoms. The van der Waals surface area contributed by atoms with Crippen LogP contribution in [0.2, 0.25) is 0 Å². The van der Waals surface area contributed by atoms with E-state index >= 15 is 0 Å². The molecule has 8 nitrogen and oxygen atoms in total. The average molecular weight is 854 g/mol. The number of esters is 1. The molecule has 0 aliphatic heterocycles. The molecule has 0 saturated carbocycles. The third-order valence-corrected chi connectivity index (χ3v) is 9.86. The molecule has 0 bridgehead atoms. The number of unbranched alkanes of at least 4 members (excludes halogenated alkanes) is 9.